The number of aliphatic hydroxyl groups excluding tert-OH is 2. The van der Waals surface area contributed by atoms with Gasteiger partial charge in [-0.05, 0) is 26.1 Å². The average molecular weight is 647 g/mol. The number of hydrogen-bond donors (Lipinski definition) is 3. The zero-order valence-corrected chi connectivity index (χ0v) is 21.2. The molecule has 0 aliphatic heterocycles. The van der Waals surface area contributed by atoms with Gasteiger partial charge < -0.3 is 27.2 Å². The molecular formula is C22H26F3NO3U. The molecule has 162 valence electrons. The fourth-order valence-electron chi connectivity index (χ4n) is 2.74. The van der Waals surface area contributed by atoms with Gasteiger partial charge in [0.25, 0.3) is 0 Å². The second-order valence-electron chi connectivity index (χ2n) is 6.06. The molecule has 0 aliphatic carbocycles. The first-order valence-electron chi connectivity index (χ1n) is 8.94. The number of ether oxygens (including phenoxy) is 1. The van der Waals surface area contributed by atoms with E-state index in [-0.39, 0.29) is 36.9 Å². The Balaban J connectivity index is 0.00000198. The Morgan fingerprint density at radius 1 is 1.30 bits per heavy atom. The van der Waals surface area contributed by atoms with E-state index < -0.39 is 19.1 Å². The average Bonchev–Trinajstić information content (AvgIpc) is 2.67. The standard InChI is InChI=1S/C19H20F3NO3.C3H6.U/c1-3-12-8-14(9-15(10-23-2)18(12)17(25)11-24)13-4-6-16(7-5-13)26-19(20,21)22;1-3-2;/h4-7,9,17,23-25H,1,3,10-11H2,2H3;3H,1H2,2H3;/q-2;;+2. The van der Waals surface area contributed by atoms with Crippen molar-refractivity contribution in [3.8, 4) is 16.9 Å². The van der Waals surface area contributed by atoms with Crippen molar-refractivity contribution in [1.29, 1.82) is 0 Å². The predicted octanol–water partition coefficient (Wildman–Crippen LogP) is 4.37. The molecular weight excluding hydrogens is 621 g/mol. The minimum absolute atomic E-state index is 0. The monoisotopic (exact) mass is 647 g/mol. The molecule has 1 unspecified atom stereocenters. The fraction of sp³-hybridized carbons (Fsp3) is 0.318. The van der Waals surface area contributed by atoms with Crippen LogP contribution in [0.15, 0.2) is 43.0 Å². The van der Waals surface area contributed by atoms with Crippen LogP contribution in [0, 0.1) is 44.1 Å². The van der Waals surface area contributed by atoms with Gasteiger partial charge >= 0.3 is 37.5 Å². The Kier molecular flexibility index (Phi) is 13.3. The van der Waals surface area contributed by atoms with Crippen LogP contribution in [0.5, 0.6) is 5.75 Å². The van der Waals surface area contributed by atoms with Crippen LogP contribution in [0.2, 0.25) is 0 Å². The van der Waals surface area contributed by atoms with Gasteiger partial charge in [0.05, 0.1) is 12.7 Å². The van der Waals surface area contributed by atoms with Gasteiger partial charge in [-0.2, -0.15) is 12.0 Å². The van der Waals surface area contributed by atoms with Gasteiger partial charge in [0, 0.05) is 6.54 Å². The van der Waals surface area contributed by atoms with Crippen molar-refractivity contribution in [1.82, 2.24) is 5.32 Å². The Morgan fingerprint density at radius 2 is 1.87 bits per heavy atom. The zero-order chi connectivity index (χ0) is 22.0. The molecule has 0 heterocycles. The first-order chi connectivity index (χ1) is 13.7. The molecule has 2 aromatic rings. The molecule has 0 radical (unpaired) electrons. The summed E-state index contributed by atoms with van der Waals surface area (Å²) in [6, 6.07) is 10.4. The molecule has 2 rings (SSSR count). The molecule has 0 aliphatic rings. The molecule has 0 bridgehead atoms. The van der Waals surface area contributed by atoms with Crippen LogP contribution in [0.25, 0.3) is 11.1 Å². The maximum atomic E-state index is 12.3. The topological polar surface area (TPSA) is 61.7 Å². The van der Waals surface area contributed by atoms with Crippen LogP contribution >= 0.6 is 0 Å². The van der Waals surface area contributed by atoms with Crippen molar-refractivity contribution in [3.63, 3.8) is 0 Å². The Hall–Kier alpha value is -1.30. The van der Waals surface area contributed by atoms with Crippen molar-refractivity contribution < 1.29 is 59.2 Å². The molecule has 3 N–H and O–H groups in total. The Morgan fingerprint density at radius 3 is 2.30 bits per heavy atom. The van der Waals surface area contributed by atoms with E-state index in [0.717, 1.165) is 5.56 Å². The largest absolute Gasteiger partial charge is 2.00 e. The van der Waals surface area contributed by atoms with Crippen molar-refractivity contribution in [2.75, 3.05) is 13.7 Å². The molecule has 0 saturated carbocycles. The summed E-state index contributed by atoms with van der Waals surface area (Å²) in [7, 11) is 1.75. The molecule has 0 amide bonds. The Labute approximate surface area is 199 Å². The number of alkyl halides is 3. The molecule has 4 nitrogen and oxygen atoms in total. The maximum absolute atomic E-state index is 12.3. The van der Waals surface area contributed by atoms with E-state index in [1.54, 1.807) is 19.2 Å². The second-order valence-corrected chi connectivity index (χ2v) is 6.06. The fourth-order valence-corrected chi connectivity index (χ4v) is 2.74. The molecule has 30 heavy (non-hydrogen) atoms. The molecule has 0 saturated heterocycles. The van der Waals surface area contributed by atoms with Crippen LogP contribution in [0.3, 0.4) is 0 Å². The quantitative estimate of drug-likeness (QED) is 0.309. The van der Waals surface area contributed by atoms with Gasteiger partial charge in [0.15, 0.2) is 0 Å². The molecule has 2 aromatic carbocycles. The molecule has 0 aromatic heterocycles. The van der Waals surface area contributed by atoms with Crippen LogP contribution in [-0.4, -0.2) is 30.2 Å². The van der Waals surface area contributed by atoms with Crippen LogP contribution < -0.4 is 10.1 Å². The van der Waals surface area contributed by atoms with Crippen molar-refractivity contribution in [2.45, 2.75) is 32.4 Å². The number of allylic oxidation sites excluding steroid dienone is 1. The summed E-state index contributed by atoms with van der Waals surface area (Å²) in [4.78, 5) is 0. The normalized spacial score (nSPS) is 11.6. The van der Waals surface area contributed by atoms with Crippen molar-refractivity contribution in [2.24, 2.45) is 0 Å². The smallest absolute Gasteiger partial charge is 0.406 e. The Bertz CT molecular complexity index is 780. The third-order valence-corrected chi connectivity index (χ3v) is 3.80. The van der Waals surface area contributed by atoms with Gasteiger partial charge in [-0.15, -0.1) is 43.0 Å². The predicted molar refractivity (Wildman–Crippen MR) is 107 cm³/mol. The number of aliphatic hydroxyl groups is 2. The van der Waals surface area contributed by atoms with Gasteiger partial charge in [-0.25, -0.2) is 0 Å². The van der Waals surface area contributed by atoms with E-state index >= 15 is 0 Å². The van der Waals surface area contributed by atoms with Gasteiger partial charge in [0.2, 0.25) is 0 Å². The van der Waals surface area contributed by atoms with Gasteiger partial charge in [0.1, 0.15) is 5.75 Å². The summed E-state index contributed by atoms with van der Waals surface area (Å²) in [5.41, 5.74) is 3.28. The van der Waals surface area contributed by atoms with Gasteiger partial charge in [-0.3, -0.25) is 0 Å². The minimum Gasteiger partial charge on any atom is -0.406 e. The van der Waals surface area contributed by atoms with Gasteiger partial charge in [-0.1, -0.05) is 29.3 Å². The number of rotatable bonds is 7. The third-order valence-electron chi connectivity index (χ3n) is 3.80. The molecule has 8 heteroatoms. The van der Waals surface area contributed by atoms with E-state index in [1.165, 1.54) is 24.3 Å². The summed E-state index contributed by atoms with van der Waals surface area (Å²) in [6.45, 7) is 9.09. The second kappa shape index (κ2) is 13.9. The molecule has 0 fully saturated rings. The molecule has 1 atom stereocenters. The zero-order valence-electron chi connectivity index (χ0n) is 17.0. The van der Waals surface area contributed by atoms with Crippen LogP contribution in [-0.2, 0) is 13.0 Å². The number of nitrogens with one attached hydrogen (secondary N) is 1. The summed E-state index contributed by atoms with van der Waals surface area (Å²) in [5, 5.41) is 22.4. The van der Waals surface area contributed by atoms with E-state index in [9.17, 15) is 23.4 Å². The van der Waals surface area contributed by atoms with Crippen molar-refractivity contribution in [3.05, 3.63) is 72.7 Å². The van der Waals surface area contributed by atoms with Crippen molar-refractivity contribution >= 4 is 0 Å². The minimum atomic E-state index is -4.74. The van der Waals surface area contributed by atoms with E-state index in [1.807, 2.05) is 6.92 Å². The van der Waals surface area contributed by atoms with E-state index in [2.05, 4.69) is 29.6 Å². The number of benzene rings is 2. The SMILES string of the molecule is C=CC.[CH2-]Cc1[c-]c(-c2ccc(OC(F)(F)F)cc2)cc(CNC)c1C(O)CO.[U+2]. The number of hydrogen-bond acceptors (Lipinski definition) is 4. The third kappa shape index (κ3) is 8.83. The first kappa shape index (κ1) is 28.7. The number of halogens is 3. The first-order valence-corrected chi connectivity index (χ1v) is 8.94. The molecule has 0 spiro atoms. The summed E-state index contributed by atoms with van der Waals surface area (Å²) < 4.78 is 40.7. The summed E-state index contributed by atoms with van der Waals surface area (Å²) in [5.74, 6) is -0.304. The maximum Gasteiger partial charge on any atom is 2.00 e. The van der Waals surface area contributed by atoms with E-state index in [0.29, 0.717) is 35.2 Å². The van der Waals surface area contributed by atoms with Crippen LogP contribution in [0.1, 0.15) is 29.7 Å². The summed E-state index contributed by atoms with van der Waals surface area (Å²) >= 11 is 0. The van der Waals surface area contributed by atoms with Crippen LogP contribution in [0.4, 0.5) is 13.2 Å². The summed E-state index contributed by atoms with van der Waals surface area (Å²) in [6.07, 6.45) is -3.70. The van der Waals surface area contributed by atoms with E-state index in [4.69, 9.17) is 0 Å².